The highest BCUT2D eigenvalue weighted by Gasteiger charge is 2.56. The lowest BCUT2D eigenvalue weighted by Crippen LogP contribution is -2.40. The standard InChI is InChI=1S/C33H41N5O7/c1-22(2)8-11-34-31(39)33(9-10-33)32(40)37-23-4-6-24(7-5-23)45-30-27-25(35-21-36-30)20-26(28-29(27)44-19-18-43-28)42-15-3-12-38-13-16-41-17-14-38/h4-7,20-22H,3,8-19H2,1-2H3,(H,34,39)(H,37,40). The minimum Gasteiger partial charge on any atom is -0.489 e. The highest BCUT2D eigenvalue weighted by Crippen LogP contribution is 2.48. The third kappa shape index (κ3) is 7.23. The Morgan fingerprint density at radius 1 is 1.00 bits per heavy atom. The first-order valence-electron chi connectivity index (χ1n) is 15.8. The van der Waals surface area contributed by atoms with Crippen molar-refractivity contribution in [3.63, 3.8) is 0 Å². The van der Waals surface area contributed by atoms with Crippen molar-refractivity contribution in [2.45, 2.75) is 39.5 Å². The quantitative estimate of drug-likeness (QED) is 0.212. The number of benzene rings is 2. The first-order valence-corrected chi connectivity index (χ1v) is 15.8. The van der Waals surface area contributed by atoms with Crippen LogP contribution in [-0.2, 0) is 14.3 Å². The van der Waals surface area contributed by atoms with E-state index in [0.29, 0.717) is 90.6 Å². The van der Waals surface area contributed by atoms with Gasteiger partial charge in [-0.1, -0.05) is 13.8 Å². The van der Waals surface area contributed by atoms with Gasteiger partial charge in [0.2, 0.25) is 23.4 Å². The van der Waals surface area contributed by atoms with E-state index < -0.39 is 5.41 Å². The molecule has 45 heavy (non-hydrogen) atoms. The van der Waals surface area contributed by atoms with Crippen molar-refractivity contribution in [2.75, 3.05) is 64.5 Å². The van der Waals surface area contributed by atoms with Crippen molar-refractivity contribution >= 4 is 28.4 Å². The average Bonchev–Trinajstić information content (AvgIpc) is 3.87. The fourth-order valence-electron chi connectivity index (χ4n) is 5.46. The molecular formula is C33H41N5O7. The minimum absolute atomic E-state index is 0.202. The summed E-state index contributed by atoms with van der Waals surface area (Å²) in [5, 5.41) is 6.40. The number of carbonyl (C=O) groups is 2. The van der Waals surface area contributed by atoms with Gasteiger partial charge in [0.1, 0.15) is 36.1 Å². The number of hydrogen-bond donors (Lipinski definition) is 2. The van der Waals surface area contributed by atoms with Crippen LogP contribution < -0.4 is 29.6 Å². The summed E-state index contributed by atoms with van der Waals surface area (Å²) in [6, 6.07) is 8.78. The average molecular weight is 620 g/mol. The lowest BCUT2D eigenvalue weighted by atomic mass is 10.0. The fraction of sp³-hybridized carbons (Fsp3) is 0.515. The SMILES string of the molecule is CC(C)CCNC(=O)C1(C(=O)Nc2ccc(Oc3ncnc4cc(OCCCN5CCOCC5)c5c(c34)OCCO5)cc2)CC1. The number of nitrogens with one attached hydrogen (secondary N) is 2. The second-order valence-electron chi connectivity index (χ2n) is 12.1. The number of anilines is 1. The monoisotopic (exact) mass is 619 g/mol. The summed E-state index contributed by atoms with van der Waals surface area (Å²) in [6.07, 6.45) is 4.27. The Labute approximate surface area is 262 Å². The van der Waals surface area contributed by atoms with Crippen LogP contribution in [0, 0.1) is 11.3 Å². The number of carbonyl (C=O) groups excluding carboxylic acids is 2. The topological polar surface area (TPSA) is 133 Å². The van der Waals surface area contributed by atoms with E-state index in [0.717, 1.165) is 45.7 Å². The first kappa shape index (κ1) is 30.8. The number of fused-ring (bicyclic) bond motifs is 3. The van der Waals surface area contributed by atoms with E-state index in [4.69, 9.17) is 23.7 Å². The Hall–Kier alpha value is -4.16. The molecule has 2 N–H and O–H groups in total. The van der Waals surface area contributed by atoms with Crippen molar-refractivity contribution < 1.29 is 33.3 Å². The molecule has 0 radical (unpaired) electrons. The lowest BCUT2D eigenvalue weighted by Gasteiger charge is -2.26. The maximum atomic E-state index is 13.0. The van der Waals surface area contributed by atoms with Crippen LogP contribution in [-0.4, -0.2) is 85.9 Å². The fourth-order valence-corrected chi connectivity index (χ4v) is 5.46. The molecule has 1 aliphatic carbocycles. The smallest absolute Gasteiger partial charge is 0.240 e. The van der Waals surface area contributed by atoms with Gasteiger partial charge in [0, 0.05) is 37.9 Å². The van der Waals surface area contributed by atoms with Crippen molar-refractivity contribution in [3.8, 4) is 28.9 Å². The maximum Gasteiger partial charge on any atom is 0.240 e. The Bertz CT molecular complexity index is 1500. The van der Waals surface area contributed by atoms with Crippen molar-refractivity contribution in [2.24, 2.45) is 11.3 Å². The number of morpholine rings is 1. The molecule has 3 aromatic rings. The van der Waals surface area contributed by atoms with Crippen LogP contribution in [0.15, 0.2) is 36.7 Å². The molecule has 0 unspecified atom stereocenters. The third-order valence-electron chi connectivity index (χ3n) is 8.28. The Balaban J connectivity index is 1.11. The van der Waals surface area contributed by atoms with E-state index in [-0.39, 0.29) is 11.8 Å². The molecule has 12 heteroatoms. The molecule has 2 aliphatic heterocycles. The maximum absolute atomic E-state index is 13.0. The van der Waals surface area contributed by atoms with Gasteiger partial charge in [-0.25, -0.2) is 9.97 Å². The van der Waals surface area contributed by atoms with Crippen LogP contribution in [0.5, 0.6) is 28.9 Å². The highest BCUT2D eigenvalue weighted by molar-refractivity contribution is 6.13. The Morgan fingerprint density at radius 3 is 2.49 bits per heavy atom. The van der Waals surface area contributed by atoms with E-state index in [2.05, 4.69) is 39.3 Å². The van der Waals surface area contributed by atoms with Crippen LogP contribution in [0.2, 0.25) is 0 Å². The normalized spacial score (nSPS) is 17.1. The Morgan fingerprint density at radius 2 is 1.76 bits per heavy atom. The minimum atomic E-state index is -0.988. The zero-order valence-electron chi connectivity index (χ0n) is 25.9. The first-order chi connectivity index (χ1) is 21.9. The summed E-state index contributed by atoms with van der Waals surface area (Å²) < 4.78 is 29.8. The second-order valence-corrected chi connectivity index (χ2v) is 12.1. The van der Waals surface area contributed by atoms with E-state index >= 15 is 0 Å². The molecule has 12 nitrogen and oxygen atoms in total. The molecule has 1 saturated heterocycles. The molecule has 1 saturated carbocycles. The van der Waals surface area contributed by atoms with Gasteiger partial charge in [0.25, 0.3) is 0 Å². The van der Waals surface area contributed by atoms with Gasteiger partial charge < -0.3 is 34.3 Å². The number of hydrogen-bond acceptors (Lipinski definition) is 10. The van der Waals surface area contributed by atoms with Gasteiger partial charge in [0.05, 0.1) is 25.3 Å². The van der Waals surface area contributed by atoms with Gasteiger partial charge in [-0.3, -0.25) is 14.5 Å². The molecule has 1 aromatic heterocycles. The van der Waals surface area contributed by atoms with Crippen molar-refractivity contribution in [3.05, 3.63) is 36.7 Å². The summed E-state index contributed by atoms with van der Waals surface area (Å²) in [5.74, 6) is 2.39. The zero-order valence-corrected chi connectivity index (χ0v) is 25.9. The summed E-state index contributed by atoms with van der Waals surface area (Å²) in [5.41, 5.74) is 0.196. The van der Waals surface area contributed by atoms with E-state index in [9.17, 15) is 9.59 Å². The summed E-state index contributed by atoms with van der Waals surface area (Å²) in [6.45, 7) is 10.4. The largest absolute Gasteiger partial charge is 0.489 e. The molecule has 2 aromatic carbocycles. The molecule has 3 aliphatic rings. The van der Waals surface area contributed by atoms with Crippen LogP contribution >= 0.6 is 0 Å². The number of amides is 2. The molecule has 0 spiro atoms. The number of aromatic nitrogens is 2. The molecule has 0 bridgehead atoms. The van der Waals surface area contributed by atoms with Crippen molar-refractivity contribution in [1.29, 1.82) is 0 Å². The summed E-state index contributed by atoms with van der Waals surface area (Å²) in [4.78, 5) is 37.0. The van der Waals surface area contributed by atoms with Crippen LogP contribution in [0.3, 0.4) is 0 Å². The van der Waals surface area contributed by atoms with Crippen LogP contribution in [0.4, 0.5) is 5.69 Å². The predicted octanol–water partition coefficient (Wildman–Crippen LogP) is 4.18. The highest BCUT2D eigenvalue weighted by atomic mass is 16.6. The molecule has 3 heterocycles. The van der Waals surface area contributed by atoms with E-state index in [1.807, 2.05) is 6.07 Å². The van der Waals surface area contributed by atoms with E-state index in [1.165, 1.54) is 6.33 Å². The summed E-state index contributed by atoms with van der Waals surface area (Å²) >= 11 is 0. The second kappa shape index (κ2) is 13.9. The zero-order chi connectivity index (χ0) is 31.2. The Kier molecular flexibility index (Phi) is 9.50. The number of ether oxygens (including phenoxy) is 5. The molecule has 0 atom stereocenters. The molecule has 2 amide bonds. The molecular weight excluding hydrogens is 578 g/mol. The van der Waals surface area contributed by atoms with Gasteiger partial charge >= 0.3 is 0 Å². The van der Waals surface area contributed by atoms with Crippen LogP contribution in [0.1, 0.15) is 39.5 Å². The number of rotatable bonds is 13. The van der Waals surface area contributed by atoms with Crippen LogP contribution in [0.25, 0.3) is 10.9 Å². The molecule has 6 rings (SSSR count). The summed E-state index contributed by atoms with van der Waals surface area (Å²) in [7, 11) is 0. The molecule has 240 valence electrons. The van der Waals surface area contributed by atoms with E-state index in [1.54, 1.807) is 24.3 Å². The van der Waals surface area contributed by atoms with Crippen molar-refractivity contribution in [1.82, 2.24) is 20.2 Å². The lowest BCUT2D eigenvalue weighted by molar-refractivity contribution is -0.134. The van der Waals surface area contributed by atoms with Gasteiger partial charge in [-0.2, -0.15) is 0 Å². The number of nitrogens with zero attached hydrogens (tertiary/aromatic N) is 3. The van der Waals surface area contributed by atoms with Gasteiger partial charge in [-0.15, -0.1) is 0 Å². The predicted molar refractivity (Wildman–Crippen MR) is 167 cm³/mol. The van der Waals surface area contributed by atoms with Gasteiger partial charge in [0.15, 0.2) is 11.5 Å². The van der Waals surface area contributed by atoms with Gasteiger partial charge in [-0.05, 0) is 55.9 Å². The third-order valence-corrected chi connectivity index (χ3v) is 8.28. The molecule has 2 fully saturated rings.